The number of carbonyl (C=O) groups is 1. The predicted octanol–water partition coefficient (Wildman–Crippen LogP) is 2.23. The molecule has 4 heteroatoms. The Morgan fingerprint density at radius 3 is 3.00 bits per heavy atom. The highest BCUT2D eigenvalue weighted by atomic mass is 16.5. The molecule has 0 radical (unpaired) electrons. The number of rotatable bonds is 4. The van der Waals surface area contributed by atoms with Gasteiger partial charge in [-0.1, -0.05) is 0 Å². The minimum absolute atomic E-state index is 0.0350. The Kier molecular flexibility index (Phi) is 4.09. The molecule has 1 atom stereocenters. The second kappa shape index (κ2) is 5.77. The van der Waals surface area contributed by atoms with E-state index in [1.54, 1.807) is 18.3 Å². The van der Waals surface area contributed by atoms with Crippen LogP contribution in [0.15, 0.2) is 18.3 Å². The smallest absolute Gasteiger partial charge is 0.178 e. The summed E-state index contributed by atoms with van der Waals surface area (Å²) >= 11 is 0. The first kappa shape index (κ1) is 12.0. The molecule has 0 spiro atoms. The van der Waals surface area contributed by atoms with Crippen LogP contribution < -0.4 is 4.74 Å². The highest BCUT2D eigenvalue weighted by molar-refractivity contribution is 5.92. The van der Waals surface area contributed by atoms with Gasteiger partial charge in [0, 0.05) is 13.5 Å². The summed E-state index contributed by atoms with van der Waals surface area (Å²) in [5.41, 5.74) is 0.464. The summed E-state index contributed by atoms with van der Waals surface area (Å²) in [6, 6.07) is 3.45. The van der Waals surface area contributed by atoms with Crippen molar-refractivity contribution in [2.75, 3.05) is 13.2 Å². The first-order valence-corrected chi connectivity index (χ1v) is 5.97. The average molecular weight is 235 g/mol. The number of aromatic nitrogens is 1. The largest absolute Gasteiger partial charge is 0.489 e. The van der Waals surface area contributed by atoms with Gasteiger partial charge in [0.25, 0.3) is 0 Å². The van der Waals surface area contributed by atoms with Crippen molar-refractivity contribution in [1.82, 2.24) is 4.98 Å². The van der Waals surface area contributed by atoms with Gasteiger partial charge in [-0.05, 0) is 31.4 Å². The summed E-state index contributed by atoms with van der Waals surface area (Å²) < 4.78 is 11.1. The zero-order chi connectivity index (χ0) is 12.1. The zero-order valence-corrected chi connectivity index (χ0v) is 10.0. The molecule has 1 aromatic rings. The van der Waals surface area contributed by atoms with Crippen molar-refractivity contribution in [3.8, 4) is 5.75 Å². The quantitative estimate of drug-likeness (QED) is 0.751. The van der Waals surface area contributed by atoms with Crippen molar-refractivity contribution in [1.29, 1.82) is 0 Å². The highest BCUT2D eigenvalue weighted by Gasteiger charge is 2.14. The van der Waals surface area contributed by atoms with Gasteiger partial charge in [-0.15, -0.1) is 0 Å². The van der Waals surface area contributed by atoms with E-state index in [0.29, 0.717) is 18.1 Å². The third-order valence-electron chi connectivity index (χ3n) is 2.81. The number of hydrogen-bond acceptors (Lipinski definition) is 4. The van der Waals surface area contributed by atoms with Crippen LogP contribution in [-0.4, -0.2) is 30.1 Å². The van der Waals surface area contributed by atoms with E-state index in [2.05, 4.69) is 4.98 Å². The lowest BCUT2D eigenvalue weighted by molar-refractivity contribution is -0.0111. The van der Waals surface area contributed by atoms with Crippen molar-refractivity contribution in [2.45, 2.75) is 32.3 Å². The Hall–Kier alpha value is -1.42. The van der Waals surface area contributed by atoms with Gasteiger partial charge in [0.05, 0.1) is 12.3 Å². The van der Waals surface area contributed by atoms with Gasteiger partial charge in [-0.25, -0.2) is 4.98 Å². The predicted molar refractivity (Wildman–Crippen MR) is 63.3 cm³/mol. The lowest BCUT2D eigenvalue weighted by atomic mass is 10.1. The third kappa shape index (κ3) is 3.53. The molecule has 0 N–H and O–H groups in total. The minimum atomic E-state index is -0.0350. The molecule has 2 heterocycles. The summed E-state index contributed by atoms with van der Waals surface area (Å²) in [7, 11) is 0. The van der Waals surface area contributed by atoms with Gasteiger partial charge < -0.3 is 9.47 Å². The van der Waals surface area contributed by atoms with Crippen LogP contribution >= 0.6 is 0 Å². The Morgan fingerprint density at radius 2 is 2.41 bits per heavy atom. The molecule has 0 amide bonds. The van der Waals surface area contributed by atoms with E-state index >= 15 is 0 Å². The Morgan fingerprint density at radius 1 is 1.53 bits per heavy atom. The Bertz CT molecular complexity index is 369. The molecular formula is C13H17NO3. The maximum absolute atomic E-state index is 11.0. The topological polar surface area (TPSA) is 48.4 Å². The van der Waals surface area contributed by atoms with Gasteiger partial charge in [-0.2, -0.15) is 0 Å². The van der Waals surface area contributed by atoms with Crippen LogP contribution in [0.4, 0.5) is 0 Å². The molecule has 1 aliphatic heterocycles. The summed E-state index contributed by atoms with van der Waals surface area (Å²) in [4.78, 5) is 15.1. The normalized spacial score (nSPS) is 19.9. The van der Waals surface area contributed by atoms with E-state index in [4.69, 9.17) is 9.47 Å². The number of carbonyl (C=O) groups excluding carboxylic acids is 1. The number of hydrogen-bond donors (Lipinski definition) is 0. The fourth-order valence-electron chi connectivity index (χ4n) is 1.80. The van der Waals surface area contributed by atoms with Gasteiger partial charge in [0.1, 0.15) is 18.1 Å². The molecule has 17 heavy (non-hydrogen) atoms. The maximum atomic E-state index is 11.0. The van der Waals surface area contributed by atoms with E-state index in [1.807, 2.05) is 0 Å². The summed E-state index contributed by atoms with van der Waals surface area (Å²) in [6.45, 7) is 2.88. The van der Waals surface area contributed by atoms with E-state index in [-0.39, 0.29) is 11.9 Å². The van der Waals surface area contributed by atoms with E-state index in [0.717, 1.165) is 19.4 Å². The first-order chi connectivity index (χ1) is 8.25. The lowest BCUT2D eigenvalue weighted by Crippen LogP contribution is -2.25. The van der Waals surface area contributed by atoms with Crippen LogP contribution in [0.5, 0.6) is 5.75 Å². The van der Waals surface area contributed by atoms with E-state index < -0.39 is 0 Å². The molecule has 1 saturated heterocycles. The van der Waals surface area contributed by atoms with Crippen molar-refractivity contribution in [3.63, 3.8) is 0 Å². The zero-order valence-electron chi connectivity index (χ0n) is 10.0. The van der Waals surface area contributed by atoms with Gasteiger partial charge in [0.2, 0.25) is 0 Å². The molecule has 92 valence electrons. The summed E-state index contributed by atoms with van der Waals surface area (Å²) in [6.07, 6.45) is 5.18. The number of ether oxygens (including phenoxy) is 2. The molecule has 2 rings (SSSR count). The van der Waals surface area contributed by atoms with Crippen LogP contribution in [0.2, 0.25) is 0 Å². The van der Waals surface area contributed by atoms with Crippen molar-refractivity contribution in [3.05, 3.63) is 24.0 Å². The van der Waals surface area contributed by atoms with Crippen molar-refractivity contribution >= 4 is 5.78 Å². The summed E-state index contributed by atoms with van der Waals surface area (Å²) in [5, 5.41) is 0. The fourth-order valence-corrected chi connectivity index (χ4v) is 1.80. The molecule has 0 bridgehead atoms. The molecule has 0 saturated carbocycles. The fraction of sp³-hybridized carbons (Fsp3) is 0.538. The van der Waals surface area contributed by atoms with Crippen LogP contribution in [0, 0.1) is 0 Å². The number of nitrogens with zero attached hydrogens (tertiary/aromatic N) is 1. The molecule has 0 aromatic carbocycles. The molecule has 4 nitrogen and oxygen atoms in total. The third-order valence-corrected chi connectivity index (χ3v) is 2.81. The average Bonchev–Trinajstić information content (AvgIpc) is 2.38. The molecule has 1 aliphatic rings. The van der Waals surface area contributed by atoms with Gasteiger partial charge in [0.15, 0.2) is 5.78 Å². The molecule has 1 aromatic heterocycles. The second-order valence-corrected chi connectivity index (χ2v) is 4.23. The van der Waals surface area contributed by atoms with Gasteiger partial charge in [-0.3, -0.25) is 4.79 Å². The second-order valence-electron chi connectivity index (χ2n) is 4.23. The summed E-state index contributed by atoms with van der Waals surface area (Å²) in [5.74, 6) is 0.649. The minimum Gasteiger partial charge on any atom is -0.489 e. The Labute approximate surface area is 101 Å². The van der Waals surface area contributed by atoms with E-state index in [1.165, 1.54) is 13.3 Å². The Balaban J connectivity index is 1.84. The van der Waals surface area contributed by atoms with E-state index in [9.17, 15) is 4.79 Å². The van der Waals surface area contributed by atoms with Crippen LogP contribution in [-0.2, 0) is 4.74 Å². The van der Waals surface area contributed by atoms with Gasteiger partial charge >= 0.3 is 0 Å². The highest BCUT2D eigenvalue weighted by Crippen LogP contribution is 2.15. The molecule has 0 aliphatic carbocycles. The maximum Gasteiger partial charge on any atom is 0.178 e. The number of Topliss-reactive ketones (excluding diaryl/α,β-unsaturated/α-hetero) is 1. The van der Waals surface area contributed by atoms with Crippen molar-refractivity contribution < 1.29 is 14.3 Å². The van der Waals surface area contributed by atoms with Crippen LogP contribution in [0.3, 0.4) is 0 Å². The van der Waals surface area contributed by atoms with Crippen molar-refractivity contribution in [2.24, 2.45) is 0 Å². The molecular weight excluding hydrogens is 218 g/mol. The van der Waals surface area contributed by atoms with Crippen LogP contribution in [0.1, 0.15) is 36.7 Å². The number of pyridine rings is 1. The standard InChI is InChI=1S/C13H17NO3/c1-10(15)13-6-5-11(8-14-13)17-9-12-4-2-3-7-16-12/h5-6,8,12H,2-4,7,9H2,1H3. The number of ketones is 1. The first-order valence-electron chi connectivity index (χ1n) is 5.97. The monoisotopic (exact) mass is 235 g/mol. The molecule has 1 fully saturated rings. The lowest BCUT2D eigenvalue weighted by Gasteiger charge is -2.22. The van der Waals surface area contributed by atoms with Crippen LogP contribution in [0.25, 0.3) is 0 Å². The molecule has 1 unspecified atom stereocenters. The SMILES string of the molecule is CC(=O)c1ccc(OCC2CCCCO2)cn1.